The average Bonchev–Trinajstić information content (AvgIpc) is 2.73. The van der Waals surface area contributed by atoms with E-state index < -0.39 is 6.23 Å². The Labute approximate surface area is 107 Å². The summed E-state index contributed by atoms with van der Waals surface area (Å²) in [6.07, 6.45) is -0.111. The predicted molar refractivity (Wildman–Crippen MR) is 68.3 cm³/mol. The van der Waals surface area contributed by atoms with Crippen molar-refractivity contribution in [2.24, 2.45) is 0 Å². The Hall–Kier alpha value is -0.660. The molecule has 2 unspecified atom stereocenters. The highest BCUT2D eigenvalue weighted by molar-refractivity contribution is 14.1. The predicted octanol–water partition coefficient (Wildman–Crippen LogP) is 1.01. The quantitative estimate of drug-likeness (QED) is 0.663. The van der Waals surface area contributed by atoms with Crippen LogP contribution < -0.4 is 4.90 Å². The van der Waals surface area contributed by atoms with Gasteiger partial charge in [0.1, 0.15) is 6.10 Å². The third-order valence-electron chi connectivity index (χ3n) is 2.52. The Morgan fingerprint density at radius 1 is 1.50 bits per heavy atom. The highest BCUT2D eigenvalue weighted by atomic mass is 127. The molecule has 1 N–H and O–H groups in total. The molecule has 4 nitrogen and oxygen atoms in total. The number of hydrogen-bond donors (Lipinski definition) is 1. The summed E-state index contributed by atoms with van der Waals surface area (Å²) in [5.74, 6) is 0. The van der Waals surface area contributed by atoms with Gasteiger partial charge in [-0.3, -0.25) is 4.79 Å². The summed E-state index contributed by atoms with van der Waals surface area (Å²) in [5.41, 5.74) is 0.938. The molecule has 0 saturated carbocycles. The second-order valence-electron chi connectivity index (χ2n) is 3.60. The van der Waals surface area contributed by atoms with E-state index in [-0.39, 0.29) is 12.7 Å². The number of rotatable bonds is 3. The van der Waals surface area contributed by atoms with Gasteiger partial charge in [0.05, 0.1) is 6.61 Å². The van der Waals surface area contributed by atoms with Crippen molar-refractivity contribution in [1.29, 1.82) is 0 Å². The first kappa shape index (κ1) is 11.8. The van der Waals surface area contributed by atoms with Gasteiger partial charge in [0.2, 0.25) is 0 Å². The van der Waals surface area contributed by atoms with Gasteiger partial charge in [-0.2, -0.15) is 0 Å². The molecule has 0 aromatic heterocycles. The molecule has 1 aromatic rings. The van der Waals surface area contributed by atoms with Crippen LogP contribution >= 0.6 is 22.6 Å². The van der Waals surface area contributed by atoms with E-state index in [1.807, 2.05) is 29.2 Å². The Kier molecular flexibility index (Phi) is 3.78. The molecule has 1 aromatic carbocycles. The average molecular weight is 333 g/mol. The number of hydrogen-bond acceptors (Lipinski definition) is 4. The highest BCUT2D eigenvalue weighted by Crippen LogP contribution is 2.24. The minimum Gasteiger partial charge on any atom is -0.394 e. The smallest absolute Gasteiger partial charge is 0.187 e. The molecule has 1 fully saturated rings. The number of carbonyl (C=O) groups is 1. The minimum absolute atomic E-state index is 0.0643. The van der Waals surface area contributed by atoms with Crippen molar-refractivity contribution in [2.75, 3.05) is 18.1 Å². The molecule has 1 saturated heterocycles. The number of nitrogens with zero attached hydrogens (tertiary/aromatic N) is 1. The van der Waals surface area contributed by atoms with Crippen LogP contribution in [0, 0.1) is 3.57 Å². The zero-order valence-electron chi connectivity index (χ0n) is 8.54. The van der Waals surface area contributed by atoms with E-state index in [1.54, 1.807) is 0 Å². The molecule has 0 bridgehead atoms. The van der Waals surface area contributed by atoms with Gasteiger partial charge in [0, 0.05) is 15.8 Å². The van der Waals surface area contributed by atoms with E-state index in [1.165, 1.54) is 0 Å². The largest absolute Gasteiger partial charge is 0.394 e. The fourth-order valence-electron chi connectivity index (χ4n) is 1.73. The van der Waals surface area contributed by atoms with Gasteiger partial charge in [-0.1, -0.05) is 0 Å². The number of ether oxygens (including phenoxy) is 1. The molecule has 0 radical (unpaired) electrons. The Morgan fingerprint density at radius 2 is 2.19 bits per heavy atom. The zero-order chi connectivity index (χ0) is 11.5. The van der Waals surface area contributed by atoms with Crippen molar-refractivity contribution in [3.8, 4) is 0 Å². The molecular weight excluding hydrogens is 321 g/mol. The van der Waals surface area contributed by atoms with Gasteiger partial charge in [-0.25, -0.2) is 0 Å². The maximum Gasteiger partial charge on any atom is 0.187 e. The molecule has 2 rings (SSSR count). The van der Waals surface area contributed by atoms with Crippen LogP contribution in [-0.2, 0) is 9.53 Å². The van der Waals surface area contributed by atoms with Crippen LogP contribution in [0.2, 0.25) is 0 Å². The lowest BCUT2D eigenvalue weighted by molar-refractivity contribution is -0.117. The fraction of sp³-hybridized carbons (Fsp3) is 0.364. The van der Waals surface area contributed by atoms with E-state index in [2.05, 4.69) is 22.6 Å². The van der Waals surface area contributed by atoms with Crippen LogP contribution in [-0.4, -0.2) is 36.9 Å². The second-order valence-corrected chi connectivity index (χ2v) is 4.84. The number of anilines is 1. The standard InChI is InChI=1S/C11H12INO3/c12-8-1-3-9(4-2-8)13-5-10(6-14)16-11(13)7-15/h1-4,7,10-11,14H,5-6H2. The molecule has 0 amide bonds. The topological polar surface area (TPSA) is 49.8 Å². The van der Waals surface area contributed by atoms with Crippen LogP contribution in [0.1, 0.15) is 0 Å². The van der Waals surface area contributed by atoms with Gasteiger partial charge in [0.25, 0.3) is 0 Å². The molecule has 0 aliphatic carbocycles. The molecule has 1 aliphatic rings. The van der Waals surface area contributed by atoms with Crippen molar-refractivity contribution in [3.05, 3.63) is 27.8 Å². The molecule has 86 valence electrons. The van der Waals surface area contributed by atoms with E-state index >= 15 is 0 Å². The number of aldehydes is 1. The third-order valence-corrected chi connectivity index (χ3v) is 3.24. The molecular formula is C11H12INO3. The SMILES string of the molecule is O=CC1OC(CO)CN1c1ccc(I)cc1. The maximum atomic E-state index is 10.9. The first-order valence-electron chi connectivity index (χ1n) is 4.98. The highest BCUT2D eigenvalue weighted by Gasteiger charge is 2.32. The van der Waals surface area contributed by atoms with E-state index in [9.17, 15) is 4.79 Å². The summed E-state index contributed by atoms with van der Waals surface area (Å²) in [4.78, 5) is 12.7. The summed E-state index contributed by atoms with van der Waals surface area (Å²) >= 11 is 2.23. The van der Waals surface area contributed by atoms with Crippen LogP contribution in [0.3, 0.4) is 0 Å². The number of aliphatic hydroxyl groups excluding tert-OH is 1. The normalized spacial score (nSPS) is 24.8. The first-order valence-corrected chi connectivity index (χ1v) is 6.06. The van der Waals surface area contributed by atoms with Gasteiger partial charge < -0.3 is 14.7 Å². The molecule has 16 heavy (non-hydrogen) atoms. The van der Waals surface area contributed by atoms with Crippen LogP contribution in [0.4, 0.5) is 5.69 Å². The summed E-state index contributed by atoms with van der Waals surface area (Å²) in [6.45, 7) is 0.478. The Balaban J connectivity index is 2.19. The zero-order valence-corrected chi connectivity index (χ0v) is 10.7. The third kappa shape index (κ3) is 2.36. The Bertz CT molecular complexity index is 368. The summed E-state index contributed by atoms with van der Waals surface area (Å²) < 4.78 is 6.50. The van der Waals surface area contributed by atoms with Gasteiger partial charge in [-0.15, -0.1) is 0 Å². The second kappa shape index (κ2) is 5.11. The first-order chi connectivity index (χ1) is 7.74. The fourth-order valence-corrected chi connectivity index (χ4v) is 2.09. The lowest BCUT2D eigenvalue weighted by Gasteiger charge is -2.20. The molecule has 2 atom stereocenters. The molecule has 0 spiro atoms. The van der Waals surface area contributed by atoms with E-state index in [0.29, 0.717) is 6.54 Å². The van der Waals surface area contributed by atoms with Crippen LogP contribution in [0.15, 0.2) is 24.3 Å². The van der Waals surface area contributed by atoms with Crippen molar-refractivity contribution in [2.45, 2.75) is 12.3 Å². The number of aliphatic hydroxyl groups is 1. The van der Waals surface area contributed by atoms with Gasteiger partial charge >= 0.3 is 0 Å². The van der Waals surface area contributed by atoms with Crippen molar-refractivity contribution >= 4 is 34.6 Å². The molecule has 1 heterocycles. The summed E-state index contributed by atoms with van der Waals surface area (Å²) in [7, 11) is 0. The van der Waals surface area contributed by atoms with E-state index in [4.69, 9.17) is 9.84 Å². The molecule has 1 aliphatic heterocycles. The molecule has 5 heteroatoms. The van der Waals surface area contributed by atoms with E-state index in [0.717, 1.165) is 15.5 Å². The Morgan fingerprint density at radius 3 is 2.75 bits per heavy atom. The van der Waals surface area contributed by atoms with Crippen molar-refractivity contribution in [1.82, 2.24) is 0 Å². The lowest BCUT2D eigenvalue weighted by atomic mass is 10.2. The number of carbonyl (C=O) groups excluding carboxylic acids is 1. The maximum absolute atomic E-state index is 10.9. The van der Waals surface area contributed by atoms with Crippen molar-refractivity contribution in [3.63, 3.8) is 0 Å². The van der Waals surface area contributed by atoms with Gasteiger partial charge in [-0.05, 0) is 46.9 Å². The number of benzene rings is 1. The monoisotopic (exact) mass is 333 g/mol. The van der Waals surface area contributed by atoms with Crippen LogP contribution in [0.5, 0.6) is 0 Å². The van der Waals surface area contributed by atoms with Crippen molar-refractivity contribution < 1.29 is 14.6 Å². The summed E-state index contributed by atoms with van der Waals surface area (Å²) in [6, 6.07) is 7.84. The number of halogens is 1. The minimum atomic E-state index is -0.586. The summed E-state index contributed by atoms with van der Waals surface area (Å²) in [5, 5.41) is 9.02. The van der Waals surface area contributed by atoms with Gasteiger partial charge in [0.15, 0.2) is 12.5 Å². The van der Waals surface area contributed by atoms with Crippen LogP contribution in [0.25, 0.3) is 0 Å². The lowest BCUT2D eigenvalue weighted by Crippen LogP contribution is -2.31.